The monoisotopic (exact) mass is 292 g/mol. The molecule has 118 valence electrons. The molecule has 1 saturated heterocycles. The third kappa shape index (κ3) is 3.89. The first-order chi connectivity index (χ1) is 10.2. The van der Waals surface area contributed by atoms with Gasteiger partial charge in [0, 0.05) is 24.7 Å². The quantitative estimate of drug-likeness (QED) is 0.875. The SMILES string of the molecule is CCC1CCN(Cc2cc(OC)ccc2OC)C(CN)C1. The summed E-state index contributed by atoms with van der Waals surface area (Å²) in [5.41, 5.74) is 7.16. The largest absolute Gasteiger partial charge is 0.497 e. The Kier molecular flexibility index (Phi) is 5.88. The average Bonchev–Trinajstić information content (AvgIpc) is 2.55. The molecule has 1 aliphatic rings. The molecule has 2 N–H and O–H groups in total. The van der Waals surface area contributed by atoms with E-state index in [2.05, 4.69) is 17.9 Å². The number of piperidine rings is 1. The molecule has 0 amide bonds. The summed E-state index contributed by atoms with van der Waals surface area (Å²) in [6.07, 6.45) is 3.73. The van der Waals surface area contributed by atoms with Crippen molar-refractivity contribution in [1.82, 2.24) is 4.90 Å². The van der Waals surface area contributed by atoms with Gasteiger partial charge in [-0.05, 0) is 43.5 Å². The molecular weight excluding hydrogens is 264 g/mol. The fourth-order valence-electron chi connectivity index (χ4n) is 3.23. The van der Waals surface area contributed by atoms with Gasteiger partial charge in [-0.25, -0.2) is 0 Å². The van der Waals surface area contributed by atoms with Gasteiger partial charge in [0.1, 0.15) is 11.5 Å². The lowest BCUT2D eigenvalue weighted by Gasteiger charge is -2.39. The summed E-state index contributed by atoms with van der Waals surface area (Å²) in [5, 5.41) is 0. The van der Waals surface area contributed by atoms with E-state index in [0.717, 1.165) is 37.1 Å². The summed E-state index contributed by atoms with van der Waals surface area (Å²) in [5.74, 6) is 2.62. The van der Waals surface area contributed by atoms with Crippen molar-refractivity contribution in [2.45, 2.75) is 38.8 Å². The molecule has 1 aliphatic heterocycles. The van der Waals surface area contributed by atoms with E-state index >= 15 is 0 Å². The summed E-state index contributed by atoms with van der Waals surface area (Å²) in [7, 11) is 3.41. The molecule has 0 radical (unpaired) electrons. The molecule has 1 fully saturated rings. The predicted octanol–water partition coefficient (Wildman–Crippen LogP) is 2.65. The highest BCUT2D eigenvalue weighted by atomic mass is 16.5. The van der Waals surface area contributed by atoms with Gasteiger partial charge in [0.05, 0.1) is 14.2 Å². The Morgan fingerprint density at radius 3 is 2.71 bits per heavy atom. The molecule has 0 aromatic heterocycles. The Balaban J connectivity index is 2.12. The summed E-state index contributed by atoms with van der Waals surface area (Å²) < 4.78 is 10.8. The fourth-order valence-corrected chi connectivity index (χ4v) is 3.23. The van der Waals surface area contributed by atoms with E-state index in [1.54, 1.807) is 14.2 Å². The first-order valence-electron chi connectivity index (χ1n) is 7.86. The van der Waals surface area contributed by atoms with E-state index in [9.17, 15) is 0 Å². The van der Waals surface area contributed by atoms with Crippen LogP contribution in [0.1, 0.15) is 31.7 Å². The van der Waals surface area contributed by atoms with E-state index in [4.69, 9.17) is 15.2 Å². The highest BCUT2D eigenvalue weighted by molar-refractivity contribution is 5.40. The molecule has 2 atom stereocenters. The second kappa shape index (κ2) is 7.66. The van der Waals surface area contributed by atoms with Gasteiger partial charge in [-0.1, -0.05) is 13.3 Å². The number of nitrogens with two attached hydrogens (primary N) is 1. The Morgan fingerprint density at radius 1 is 1.29 bits per heavy atom. The van der Waals surface area contributed by atoms with Gasteiger partial charge in [-0.2, -0.15) is 0 Å². The minimum Gasteiger partial charge on any atom is -0.497 e. The molecule has 1 aromatic carbocycles. The summed E-state index contributed by atoms with van der Waals surface area (Å²) in [6.45, 7) is 4.99. The minimum atomic E-state index is 0.472. The first kappa shape index (κ1) is 16.1. The molecule has 0 aliphatic carbocycles. The molecule has 0 spiro atoms. The van der Waals surface area contributed by atoms with Crippen molar-refractivity contribution < 1.29 is 9.47 Å². The standard InChI is InChI=1S/C17H28N2O2/c1-4-13-7-8-19(15(9-13)11-18)12-14-10-16(20-2)5-6-17(14)21-3/h5-6,10,13,15H,4,7-9,11-12,18H2,1-3H3. The Bertz CT molecular complexity index is 450. The number of rotatable bonds is 6. The van der Waals surface area contributed by atoms with Gasteiger partial charge in [-0.3, -0.25) is 4.90 Å². The molecule has 4 nitrogen and oxygen atoms in total. The number of hydrogen-bond acceptors (Lipinski definition) is 4. The number of nitrogens with zero attached hydrogens (tertiary/aromatic N) is 1. The van der Waals surface area contributed by atoms with Crippen LogP contribution >= 0.6 is 0 Å². The molecule has 0 saturated carbocycles. The molecule has 2 rings (SSSR count). The summed E-state index contributed by atoms with van der Waals surface area (Å²) in [6, 6.07) is 6.45. The van der Waals surface area contributed by atoms with Crippen LogP contribution in [0.15, 0.2) is 18.2 Å². The van der Waals surface area contributed by atoms with Gasteiger partial charge < -0.3 is 15.2 Å². The Hall–Kier alpha value is -1.26. The van der Waals surface area contributed by atoms with E-state index in [1.807, 2.05) is 12.1 Å². The van der Waals surface area contributed by atoms with Crippen LogP contribution in [0.4, 0.5) is 0 Å². The lowest BCUT2D eigenvalue weighted by atomic mass is 9.88. The molecule has 1 heterocycles. The zero-order valence-electron chi connectivity index (χ0n) is 13.5. The molecule has 0 bridgehead atoms. The van der Waals surface area contributed by atoms with Crippen LogP contribution in [-0.4, -0.2) is 38.3 Å². The highest BCUT2D eigenvalue weighted by Crippen LogP contribution is 2.30. The van der Waals surface area contributed by atoms with Gasteiger partial charge >= 0.3 is 0 Å². The van der Waals surface area contributed by atoms with Gasteiger partial charge in [0.25, 0.3) is 0 Å². The lowest BCUT2D eigenvalue weighted by molar-refractivity contribution is 0.106. The zero-order valence-corrected chi connectivity index (χ0v) is 13.5. The summed E-state index contributed by atoms with van der Waals surface area (Å²) in [4.78, 5) is 2.49. The van der Waals surface area contributed by atoms with Gasteiger partial charge in [0.2, 0.25) is 0 Å². The minimum absolute atomic E-state index is 0.472. The van der Waals surface area contributed by atoms with Crippen LogP contribution < -0.4 is 15.2 Å². The first-order valence-corrected chi connectivity index (χ1v) is 7.86. The number of methoxy groups -OCH3 is 2. The van der Waals surface area contributed by atoms with Crippen LogP contribution in [0.3, 0.4) is 0 Å². The van der Waals surface area contributed by atoms with Crippen LogP contribution in [0, 0.1) is 5.92 Å². The number of benzene rings is 1. The highest BCUT2D eigenvalue weighted by Gasteiger charge is 2.27. The second-order valence-electron chi connectivity index (χ2n) is 5.84. The van der Waals surface area contributed by atoms with Crippen molar-refractivity contribution in [3.63, 3.8) is 0 Å². The molecule has 2 unspecified atom stereocenters. The van der Waals surface area contributed by atoms with E-state index in [-0.39, 0.29) is 0 Å². The van der Waals surface area contributed by atoms with Crippen molar-refractivity contribution in [1.29, 1.82) is 0 Å². The number of ether oxygens (including phenoxy) is 2. The normalized spacial score (nSPS) is 23.0. The van der Waals surface area contributed by atoms with E-state index in [1.165, 1.54) is 24.8 Å². The zero-order chi connectivity index (χ0) is 15.2. The van der Waals surface area contributed by atoms with Gasteiger partial charge in [-0.15, -0.1) is 0 Å². The fraction of sp³-hybridized carbons (Fsp3) is 0.647. The molecule has 21 heavy (non-hydrogen) atoms. The maximum Gasteiger partial charge on any atom is 0.123 e. The average molecular weight is 292 g/mol. The maximum absolute atomic E-state index is 5.99. The molecule has 1 aromatic rings. The maximum atomic E-state index is 5.99. The predicted molar refractivity (Wildman–Crippen MR) is 85.8 cm³/mol. The van der Waals surface area contributed by atoms with Gasteiger partial charge in [0.15, 0.2) is 0 Å². The molecular formula is C17H28N2O2. The van der Waals surface area contributed by atoms with E-state index in [0.29, 0.717) is 6.04 Å². The third-order valence-electron chi connectivity index (χ3n) is 4.66. The number of hydrogen-bond donors (Lipinski definition) is 1. The van der Waals surface area contributed by atoms with Crippen molar-refractivity contribution in [3.8, 4) is 11.5 Å². The smallest absolute Gasteiger partial charge is 0.123 e. The lowest BCUT2D eigenvalue weighted by Crippen LogP contribution is -2.46. The van der Waals surface area contributed by atoms with Crippen LogP contribution in [-0.2, 0) is 6.54 Å². The Labute approximate surface area is 128 Å². The second-order valence-corrected chi connectivity index (χ2v) is 5.84. The van der Waals surface area contributed by atoms with Crippen molar-refractivity contribution in [2.24, 2.45) is 11.7 Å². The van der Waals surface area contributed by atoms with Crippen LogP contribution in [0.25, 0.3) is 0 Å². The van der Waals surface area contributed by atoms with Crippen molar-refractivity contribution in [3.05, 3.63) is 23.8 Å². The van der Waals surface area contributed by atoms with Crippen LogP contribution in [0.5, 0.6) is 11.5 Å². The van der Waals surface area contributed by atoms with Crippen molar-refractivity contribution in [2.75, 3.05) is 27.3 Å². The van der Waals surface area contributed by atoms with E-state index < -0.39 is 0 Å². The number of likely N-dealkylation sites (tertiary alicyclic amines) is 1. The third-order valence-corrected chi connectivity index (χ3v) is 4.66. The molecule has 4 heteroatoms. The van der Waals surface area contributed by atoms with Crippen molar-refractivity contribution >= 4 is 0 Å². The topological polar surface area (TPSA) is 47.7 Å². The summed E-state index contributed by atoms with van der Waals surface area (Å²) >= 11 is 0. The Morgan fingerprint density at radius 2 is 2.10 bits per heavy atom. The van der Waals surface area contributed by atoms with Crippen LogP contribution in [0.2, 0.25) is 0 Å².